The van der Waals surface area contributed by atoms with Crippen LogP contribution in [0, 0.1) is 0 Å². The standard InChI is InChI=1S/C22H26F3N3O/c23-22(24,25)18-8-6-16(7-9-18)17-13-20(14-17)28-21(29)27-11-10-19(26)12-15-4-2-1-3-5-15/h1-9,17,19-20H,10-14,26H2,(H2,27,28,29). The van der Waals surface area contributed by atoms with Gasteiger partial charge in [-0.2, -0.15) is 13.2 Å². The zero-order chi connectivity index (χ0) is 20.9. The summed E-state index contributed by atoms with van der Waals surface area (Å²) in [4.78, 5) is 12.0. The molecule has 1 aliphatic carbocycles. The van der Waals surface area contributed by atoms with E-state index in [1.807, 2.05) is 30.3 Å². The second-order valence-corrected chi connectivity index (χ2v) is 7.62. The van der Waals surface area contributed by atoms with Gasteiger partial charge < -0.3 is 16.4 Å². The Morgan fingerprint density at radius 2 is 1.72 bits per heavy atom. The predicted octanol–water partition coefficient (Wildman–Crippen LogP) is 4.21. The van der Waals surface area contributed by atoms with Crippen LogP contribution in [0.5, 0.6) is 0 Å². The maximum atomic E-state index is 12.6. The molecule has 0 radical (unpaired) electrons. The number of benzene rings is 2. The maximum Gasteiger partial charge on any atom is 0.416 e. The number of alkyl halides is 3. The van der Waals surface area contributed by atoms with Gasteiger partial charge in [0.05, 0.1) is 5.56 Å². The van der Waals surface area contributed by atoms with Gasteiger partial charge in [0, 0.05) is 18.6 Å². The molecule has 0 saturated heterocycles. The molecule has 0 heterocycles. The number of hydrogen-bond acceptors (Lipinski definition) is 2. The van der Waals surface area contributed by atoms with E-state index < -0.39 is 11.7 Å². The van der Waals surface area contributed by atoms with Crippen LogP contribution in [0.25, 0.3) is 0 Å². The Morgan fingerprint density at radius 1 is 1.07 bits per heavy atom. The summed E-state index contributed by atoms with van der Waals surface area (Å²) in [5, 5.41) is 5.73. The largest absolute Gasteiger partial charge is 0.416 e. The van der Waals surface area contributed by atoms with Gasteiger partial charge in [0.15, 0.2) is 0 Å². The lowest BCUT2D eigenvalue weighted by Gasteiger charge is -2.36. The van der Waals surface area contributed by atoms with Crippen molar-refractivity contribution in [2.45, 2.75) is 49.9 Å². The summed E-state index contributed by atoms with van der Waals surface area (Å²) in [6.07, 6.45) is -1.41. The number of urea groups is 1. The average Bonchev–Trinajstić information content (AvgIpc) is 2.64. The van der Waals surface area contributed by atoms with E-state index in [1.54, 1.807) is 0 Å². The van der Waals surface area contributed by atoms with E-state index in [9.17, 15) is 18.0 Å². The fraction of sp³-hybridized carbons (Fsp3) is 0.409. The van der Waals surface area contributed by atoms with Crippen LogP contribution in [0.3, 0.4) is 0 Å². The molecule has 0 aliphatic heterocycles. The third kappa shape index (κ3) is 6.22. The number of halogens is 3. The SMILES string of the molecule is NC(CCNC(=O)NC1CC(c2ccc(C(F)(F)F)cc2)C1)Cc1ccccc1. The first kappa shape index (κ1) is 21.2. The first-order valence-corrected chi connectivity index (χ1v) is 9.82. The van der Waals surface area contributed by atoms with Crippen molar-refractivity contribution in [3.8, 4) is 0 Å². The molecule has 1 atom stereocenters. The molecule has 4 nitrogen and oxygen atoms in total. The molecule has 2 aromatic rings. The molecule has 0 bridgehead atoms. The number of carbonyl (C=O) groups excluding carboxylic acids is 1. The van der Waals surface area contributed by atoms with E-state index in [0.717, 1.165) is 37.0 Å². The summed E-state index contributed by atoms with van der Waals surface area (Å²) in [6.45, 7) is 0.495. The van der Waals surface area contributed by atoms with E-state index in [4.69, 9.17) is 5.73 Å². The minimum absolute atomic E-state index is 0.0227. The van der Waals surface area contributed by atoms with Crippen molar-refractivity contribution in [3.63, 3.8) is 0 Å². The third-order valence-electron chi connectivity index (χ3n) is 5.32. The molecule has 1 saturated carbocycles. The molecule has 1 unspecified atom stereocenters. The van der Waals surface area contributed by atoms with Crippen LogP contribution in [0.15, 0.2) is 54.6 Å². The van der Waals surface area contributed by atoms with Gasteiger partial charge in [-0.1, -0.05) is 42.5 Å². The van der Waals surface area contributed by atoms with Crippen molar-refractivity contribution >= 4 is 6.03 Å². The van der Waals surface area contributed by atoms with Crippen LogP contribution < -0.4 is 16.4 Å². The lowest BCUT2D eigenvalue weighted by molar-refractivity contribution is -0.137. The normalized spacial score (nSPS) is 19.9. The Balaban J connectivity index is 1.32. The van der Waals surface area contributed by atoms with Crippen LogP contribution in [0.2, 0.25) is 0 Å². The van der Waals surface area contributed by atoms with Gasteiger partial charge in [-0.05, 0) is 54.9 Å². The molecule has 156 valence electrons. The average molecular weight is 405 g/mol. The lowest BCUT2D eigenvalue weighted by Crippen LogP contribution is -2.48. The lowest BCUT2D eigenvalue weighted by atomic mass is 9.76. The van der Waals surface area contributed by atoms with Gasteiger partial charge in [0.1, 0.15) is 0 Å². The van der Waals surface area contributed by atoms with Crippen molar-refractivity contribution in [2.24, 2.45) is 5.73 Å². The highest BCUT2D eigenvalue weighted by molar-refractivity contribution is 5.74. The zero-order valence-corrected chi connectivity index (χ0v) is 16.1. The maximum absolute atomic E-state index is 12.6. The van der Waals surface area contributed by atoms with Gasteiger partial charge in [-0.15, -0.1) is 0 Å². The van der Waals surface area contributed by atoms with Crippen LogP contribution in [-0.2, 0) is 12.6 Å². The molecule has 4 N–H and O–H groups in total. The van der Waals surface area contributed by atoms with Gasteiger partial charge in [-0.3, -0.25) is 0 Å². The number of hydrogen-bond donors (Lipinski definition) is 3. The minimum atomic E-state index is -4.32. The van der Waals surface area contributed by atoms with E-state index in [-0.39, 0.29) is 24.0 Å². The molecule has 0 aromatic heterocycles. The summed E-state index contributed by atoms with van der Waals surface area (Å²) >= 11 is 0. The quantitative estimate of drug-likeness (QED) is 0.646. The minimum Gasteiger partial charge on any atom is -0.338 e. The highest BCUT2D eigenvalue weighted by atomic mass is 19.4. The fourth-order valence-corrected chi connectivity index (χ4v) is 3.58. The monoisotopic (exact) mass is 405 g/mol. The molecule has 3 rings (SSSR count). The summed E-state index contributed by atoms with van der Waals surface area (Å²) in [5.41, 5.74) is 7.52. The van der Waals surface area contributed by atoms with Crippen molar-refractivity contribution < 1.29 is 18.0 Å². The number of rotatable bonds is 7. The van der Waals surface area contributed by atoms with Gasteiger partial charge in [-0.25, -0.2) is 4.79 Å². The van der Waals surface area contributed by atoms with Crippen molar-refractivity contribution in [1.29, 1.82) is 0 Å². The Morgan fingerprint density at radius 3 is 2.34 bits per heavy atom. The van der Waals surface area contributed by atoms with E-state index in [2.05, 4.69) is 10.6 Å². The Labute approximate surface area is 168 Å². The molecule has 1 aliphatic rings. The summed E-state index contributed by atoms with van der Waals surface area (Å²) in [6, 6.07) is 15.0. The van der Waals surface area contributed by atoms with Crippen LogP contribution in [0.1, 0.15) is 41.9 Å². The van der Waals surface area contributed by atoms with Crippen molar-refractivity contribution in [3.05, 3.63) is 71.3 Å². The van der Waals surface area contributed by atoms with Gasteiger partial charge in [0.2, 0.25) is 0 Å². The highest BCUT2D eigenvalue weighted by Crippen LogP contribution is 2.38. The zero-order valence-electron chi connectivity index (χ0n) is 16.1. The van der Waals surface area contributed by atoms with Crippen molar-refractivity contribution in [2.75, 3.05) is 6.54 Å². The Hall–Kier alpha value is -2.54. The number of nitrogens with one attached hydrogen (secondary N) is 2. The van der Waals surface area contributed by atoms with E-state index in [0.29, 0.717) is 13.0 Å². The summed E-state index contributed by atoms with van der Waals surface area (Å²) < 4.78 is 37.9. The molecule has 2 amide bonds. The van der Waals surface area contributed by atoms with Crippen LogP contribution in [-0.4, -0.2) is 24.7 Å². The van der Waals surface area contributed by atoms with E-state index in [1.165, 1.54) is 17.7 Å². The number of carbonyl (C=O) groups is 1. The topological polar surface area (TPSA) is 67.1 Å². The van der Waals surface area contributed by atoms with Gasteiger partial charge >= 0.3 is 12.2 Å². The molecule has 1 fully saturated rings. The fourth-order valence-electron chi connectivity index (χ4n) is 3.58. The summed E-state index contributed by atoms with van der Waals surface area (Å²) in [7, 11) is 0. The molecule has 29 heavy (non-hydrogen) atoms. The molecule has 0 spiro atoms. The van der Waals surface area contributed by atoms with Crippen LogP contribution >= 0.6 is 0 Å². The summed E-state index contributed by atoms with van der Waals surface area (Å²) in [5.74, 6) is 0.182. The van der Waals surface area contributed by atoms with E-state index >= 15 is 0 Å². The predicted molar refractivity (Wildman–Crippen MR) is 106 cm³/mol. The van der Waals surface area contributed by atoms with Gasteiger partial charge in [0.25, 0.3) is 0 Å². The molecule has 7 heteroatoms. The highest BCUT2D eigenvalue weighted by Gasteiger charge is 2.33. The number of nitrogens with two attached hydrogens (primary N) is 1. The third-order valence-corrected chi connectivity index (χ3v) is 5.32. The smallest absolute Gasteiger partial charge is 0.338 e. The first-order chi connectivity index (χ1) is 13.8. The van der Waals surface area contributed by atoms with Crippen LogP contribution in [0.4, 0.5) is 18.0 Å². The molecular weight excluding hydrogens is 379 g/mol. The molecular formula is C22H26F3N3O. The Kier molecular flexibility index (Phi) is 6.79. The molecule has 2 aromatic carbocycles. The number of amides is 2. The Bertz CT molecular complexity index is 787. The van der Waals surface area contributed by atoms with Crippen molar-refractivity contribution in [1.82, 2.24) is 10.6 Å². The second-order valence-electron chi connectivity index (χ2n) is 7.62. The first-order valence-electron chi connectivity index (χ1n) is 9.82. The second kappa shape index (κ2) is 9.31.